The number of hydrogen-bond acceptors (Lipinski definition) is 9. The van der Waals surface area contributed by atoms with Crippen LogP contribution in [0.15, 0.2) is 24.4 Å². The number of nitrogens with zero attached hydrogens (tertiary/aromatic N) is 4. The molecule has 1 aliphatic heterocycles. The van der Waals surface area contributed by atoms with Crippen LogP contribution in [-0.2, 0) is 9.47 Å². The Labute approximate surface area is 186 Å². The van der Waals surface area contributed by atoms with Gasteiger partial charge >= 0.3 is 11.9 Å². The van der Waals surface area contributed by atoms with Crippen molar-refractivity contribution in [3.63, 3.8) is 0 Å². The Morgan fingerprint density at radius 3 is 2.09 bits per heavy atom. The van der Waals surface area contributed by atoms with Crippen LogP contribution in [-0.4, -0.2) is 79.7 Å². The molecular formula is C22H27N5O5. The summed E-state index contributed by atoms with van der Waals surface area (Å²) in [7, 11) is 2.46. The minimum atomic E-state index is -0.640. The molecule has 1 aliphatic rings. The van der Waals surface area contributed by atoms with E-state index in [4.69, 9.17) is 9.47 Å². The van der Waals surface area contributed by atoms with Crippen molar-refractivity contribution in [2.75, 3.05) is 57.2 Å². The second kappa shape index (κ2) is 10.2. The molecule has 10 nitrogen and oxygen atoms in total. The van der Waals surface area contributed by atoms with E-state index in [1.807, 2.05) is 0 Å². The maximum atomic E-state index is 12.9. The number of anilines is 2. The van der Waals surface area contributed by atoms with Crippen molar-refractivity contribution >= 4 is 29.5 Å². The summed E-state index contributed by atoms with van der Waals surface area (Å²) in [5.74, 6) is -1.14. The van der Waals surface area contributed by atoms with E-state index >= 15 is 0 Å². The fraction of sp³-hybridized carbons (Fsp3) is 0.409. The average Bonchev–Trinajstić information content (AvgIpc) is 2.82. The van der Waals surface area contributed by atoms with Crippen LogP contribution in [0.5, 0.6) is 0 Å². The molecule has 10 heteroatoms. The van der Waals surface area contributed by atoms with E-state index in [-0.39, 0.29) is 16.8 Å². The molecule has 1 aromatic carbocycles. The fourth-order valence-electron chi connectivity index (χ4n) is 3.46. The first-order valence-corrected chi connectivity index (χ1v) is 10.3. The van der Waals surface area contributed by atoms with Crippen LogP contribution in [0.3, 0.4) is 0 Å². The molecule has 0 aliphatic carbocycles. The van der Waals surface area contributed by atoms with Crippen molar-refractivity contribution in [3.8, 4) is 0 Å². The highest BCUT2D eigenvalue weighted by Gasteiger charge is 2.21. The maximum absolute atomic E-state index is 12.9. The summed E-state index contributed by atoms with van der Waals surface area (Å²) in [5.41, 5.74) is 1.30. The van der Waals surface area contributed by atoms with Crippen molar-refractivity contribution in [1.29, 1.82) is 0 Å². The molecule has 32 heavy (non-hydrogen) atoms. The van der Waals surface area contributed by atoms with E-state index in [2.05, 4.69) is 32.0 Å². The first kappa shape index (κ1) is 23.1. The van der Waals surface area contributed by atoms with E-state index in [9.17, 15) is 14.4 Å². The predicted molar refractivity (Wildman–Crippen MR) is 118 cm³/mol. The number of benzene rings is 1. The van der Waals surface area contributed by atoms with Gasteiger partial charge in [0.1, 0.15) is 0 Å². The summed E-state index contributed by atoms with van der Waals surface area (Å²) in [6, 6.07) is 4.19. The quantitative estimate of drug-likeness (QED) is 0.670. The van der Waals surface area contributed by atoms with Gasteiger partial charge in [-0.2, -0.15) is 0 Å². The van der Waals surface area contributed by atoms with Crippen LogP contribution < -0.4 is 10.2 Å². The lowest BCUT2D eigenvalue weighted by molar-refractivity contribution is 0.0599. The molecule has 3 rings (SSSR count). The van der Waals surface area contributed by atoms with Crippen LogP contribution >= 0.6 is 0 Å². The van der Waals surface area contributed by atoms with E-state index in [1.54, 1.807) is 6.92 Å². The van der Waals surface area contributed by atoms with Crippen molar-refractivity contribution in [3.05, 3.63) is 46.8 Å². The predicted octanol–water partition coefficient (Wildman–Crippen LogP) is 1.75. The first-order chi connectivity index (χ1) is 15.4. The summed E-state index contributed by atoms with van der Waals surface area (Å²) in [4.78, 5) is 50.1. The summed E-state index contributed by atoms with van der Waals surface area (Å²) >= 11 is 0. The molecule has 0 atom stereocenters. The van der Waals surface area contributed by atoms with Gasteiger partial charge in [0, 0.05) is 38.1 Å². The molecule has 2 aromatic rings. The van der Waals surface area contributed by atoms with Crippen LogP contribution in [0.25, 0.3) is 0 Å². The monoisotopic (exact) mass is 441 g/mol. The van der Waals surface area contributed by atoms with Gasteiger partial charge in [0.2, 0.25) is 5.95 Å². The summed E-state index contributed by atoms with van der Waals surface area (Å²) in [5, 5.41) is 2.70. The van der Waals surface area contributed by atoms with Crippen LogP contribution in [0.2, 0.25) is 0 Å². The third-order valence-electron chi connectivity index (χ3n) is 5.35. The highest BCUT2D eigenvalue weighted by atomic mass is 16.5. The van der Waals surface area contributed by atoms with Gasteiger partial charge in [-0.3, -0.25) is 4.79 Å². The summed E-state index contributed by atoms with van der Waals surface area (Å²) < 4.78 is 9.44. The van der Waals surface area contributed by atoms with Crippen LogP contribution in [0.4, 0.5) is 11.6 Å². The molecule has 170 valence electrons. The molecule has 0 radical (unpaired) electrons. The molecule has 1 amide bonds. The molecule has 0 spiro atoms. The summed E-state index contributed by atoms with van der Waals surface area (Å²) in [6.07, 6.45) is 1.49. The third kappa shape index (κ3) is 5.20. The van der Waals surface area contributed by atoms with Gasteiger partial charge in [-0.25, -0.2) is 19.6 Å². The van der Waals surface area contributed by atoms with Crippen molar-refractivity contribution < 1.29 is 23.9 Å². The number of ether oxygens (including phenoxy) is 2. The minimum Gasteiger partial charge on any atom is -0.465 e. The lowest BCUT2D eigenvalue weighted by atomic mass is 10.1. The molecular weight excluding hydrogens is 414 g/mol. The lowest BCUT2D eigenvalue weighted by Crippen LogP contribution is -2.46. The number of methoxy groups -OCH3 is 2. The van der Waals surface area contributed by atoms with Gasteiger partial charge in [-0.1, -0.05) is 6.92 Å². The third-order valence-corrected chi connectivity index (χ3v) is 5.35. The normalized spacial score (nSPS) is 14.1. The van der Waals surface area contributed by atoms with Gasteiger partial charge in [0.25, 0.3) is 5.91 Å². The molecule has 1 aromatic heterocycles. The Balaban J connectivity index is 1.79. The topological polar surface area (TPSA) is 114 Å². The number of aryl methyl sites for hydroxylation is 1. The zero-order chi connectivity index (χ0) is 23.3. The second-order valence-corrected chi connectivity index (χ2v) is 7.33. The average molecular weight is 441 g/mol. The summed E-state index contributed by atoms with van der Waals surface area (Å²) in [6.45, 7) is 8.44. The Morgan fingerprint density at radius 2 is 1.59 bits per heavy atom. The molecule has 1 saturated heterocycles. The van der Waals surface area contributed by atoms with Crippen molar-refractivity contribution in [2.24, 2.45) is 0 Å². The first-order valence-electron chi connectivity index (χ1n) is 10.3. The van der Waals surface area contributed by atoms with Crippen LogP contribution in [0, 0.1) is 6.92 Å². The number of likely N-dealkylation sites (N-methyl/N-ethyl adjacent to an activating group) is 1. The lowest BCUT2D eigenvalue weighted by Gasteiger charge is -2.34. The Hall–Kier alpha value is -3.53. The molecule has 1 fully saturated rings. The number of nitrogens with one attached hydrogen (secondary N) is 1. The smallest absolute Gasteiger partial charge is 0.337 e. The number of rotatable bonds is 6. The van der Waals surface area contributed by atoms with Gasteiger partial charge in [0.15, 0.2) is 0 Å². The number of aromatic nitrogens is 2. The van der Waals surface area contributed by atoms with Crippen molar-refractivity contribution in [2.45, 2.75) is 13.8 Å². The van der Waals surface area contributed by atoms with E-state index in [0.717, 1.165) is 32.7 Å². The number of hydrogen-bond donors (Lipinski definition) is 1. The molecule has 0 saturated carbocycles. The number of carbonyl (C=O) groups excluding carboxylic acids is 3. The zero-order valence-electron chi connectivity index (χ0n) is 18.7. The molecule has 2 heterocycles. The zero-order valence-corrected chi connectivity index (χ0v) is 18.7. The molecule has 0 bridgehead atoms. The van der Waals surface area contributed by atoms with Gasteiger partial charge < -0.3 is 24.6 Å². The van der Waals surface area contributed by atoms with E-state index in [0.29, 0.717) is 17.2 Å². The number of amides is 1. The maximum Gasteiger partial charge on any atom is 0.337 e. The molecule has 1 N–H and O–H groups in total. The van der Waals surface area contributed by atoms with Gasteiger partial charge in [-0.15, -0.1) is 0 Å². The SMILES string of the molecule is CCN1CCN(c2ncc(C(=O)Nc3cc(C(=O)OC)cc(C(=O)OC)c3)c(C)n2)CC1. The van der Waals surface area contributed by atoms with E-state index in [1.165, 1.54) is 38.6 Å². The van der Waals surface area contributed by atoms with E-state index < -0.39 is 17.8 Å². The Bertz CT molecular complexity index is 984. The van der Waals surface area contributed by atoms with Gasteiger partial charge in [0.05, 0.1) is 36.6 Å². The number of piperazine rings is 1. The Kier molecular flexibility index (Phi) is 7.37. The molecule has 0 unspecified atom stereocenters. The fourth-order valence-corrected chi connectivity index (χ4v) is 3.46. The number of carbonyl (C=O) groups is 3. The second-order valence-electron chi connectivity index (χ2n) is 7.33. The van der Waals surface area contributed by atoms with Crippen molar-refractivity contribution in [1.82, 2.24) is 14.9 Å². The van der Waals surface area contributed by atoms with Gasteiger partial charge in [-0.05, 0) is 31.7 Å². The highest BCUT2D eigenvalue weighted by Crippen LogP contribution is 2.19. The Morgan fingerprint density at radius 1 is 1.00 bits per heavy atom. The highest BCUT2D eigenvalue weighted by molar-refractivity contribution is 6.06. The number of esters is 2. The minimum absolute atomic E-state index is 0.111. The largest absolute Gasteiger partial charge is 0.465 e. The van der Waals surface area contributed by atoms with Crippen LogP contribution in [0.1, 0.15) is 43.7 Å². The standard InChI is InChI=1S/C22H27N5O5/c1-5-26-6-8-27(9-7-26)22-23-13-18(14(2)24-22)19(28)25-17-11-15(20(29)31-3)10-16(12-17)21(30)32-4/h10-13H,5-9H2,1-4H3,(H,25,28).